The first-order valence-electron chi connectivity index (χ1n) is 8.23. The zero-order valence-corrected chi connectivity index (χ0v) is 15.6. The Morgan fingerprint density at radius 1 is 1.38 bits per heavy atom. The van der Waals surface area contributed by atoms with Crippen LogP contribution >= 0.6 is 11.6 Å². The van der Waals surface area contributed by atoms with Crippen molar-refractivity contribution >= 4 is 33.9 Å². The molecule has 0 fully saturated rings. The number of nitrogen functional groups attached to an aromatic ring is 1. The summed E-state index contributed by atoms with van der Waals surface area (Å²) >= 11 is 6.06. The van der Waals surface area contributed by atoms with Gasteiger partial charge in [0.25, 0.3) is 0 Å². The van der Waals surface area contributed by atoms with Crippen molar-refractivity contribution in [3.05, 3.63) is 52.4 Å². The molecule has 5 nitrogen and oxygen atoms in total. The Morgan fingerprint density at radius 2 is 2.15 bits per heavy atom. The number of halogens is 1. The van der Waals surface area contributed by atoms with Crippen molar-refractivity contribution in [3.8, 4) is 11.8 Å². The van der Waals surface area contributed by atoms with Crippen LogP contribution in [-0.2, 0) is 0 Å². The molecule has 0 amide bonds. The topological polar surface area (TPSA) is 84.8 Å². The van der Waals surface area contributed by atoms with E-state index in [4.69, 9.17) is 27.3 Å². The minimum Gasteiger partial charge on any atom is -0.497 e. The molecule has 6 heteroatoms. The fourth-order valence-corrected chi connectivity index (χ4v) is 3.70. The van der Waals surface area contributed by atoms with Crippen LogP contribution in [0.2, 0.25) is 5.28 Å². The van der Waals surface area contributed by atoms with Crippen molar-refractivity contribution in [2.75, 3.05) is 12.8 Å². The van der Waals surface area contributed by atoms with Gasteiger partial charge in [0.15, 0.2) is 0 Å². The first-order valence-corrected chi connectivity index (χ1v) is 8.61. The van der Waals surface area contributed by atoms with E-state index in [2.05, 4.69) is 29.9 Å². The lowest BCUT2D eigenvalue weighted by Gasteiger charge is -2.25. The molecule has 0 saturated heterocycles. The van der Waals surface area contributed by atoms with Gasteiger partial charge in [-0.25, -0.2) is 9.97 Å². The van der Waals surface area contributed by atoms with E-state index in [1.807, 2.05) is 24.3 Å². The number of aromatic nitrogens is 2. The van der Waals surface area contributed by atoms with Gasteiger partial charge in [0.2, 0.25) is 5.28 Å². The first-order chi connectivity index (χ1) is 12.4. The van der Waals surface area contributed by atoms with Gasteiger partial charge in [-0.3, -0.25) is 0 Å². The fraction of sp³-hybridized carbons (Fsp3) is 0.250. The van der Waals surface area contributed by atoms with Crippen molar-refractivity contribution in [2.24, 2.45) is 5.92 Å². The Labute approximate surface area is 157 Å². The summed E-state index contributed by atoms with van der Waals surface area (Å²) in [6.45, 7) is 4.21. The van der Waals surface area contributed by atoms with Crippen molar-refractivity contribution < 1.29 is 4.74 Å². The van der Waals surface area contributed by atoms with Crippen LogP contribution < -0.4 is 10.5 Å². The molecule has 1 unspecified atom stereocenters. The molecule has 3 rings (SSSR count). The van der Waals surface area contributed by atoms with Gasteiger partial charge < -0.3 is 10.5 Å². The molecule has 0 saturated carbocycles. The van der Waals surface area contributed by atoms with E-state index >= 15 is 0 Å². The minimum absolute atomic E-state index is 0.122. The normalized spacial score (nSPS) is 17.5. The number of benzene rings is 1. The Kier molecular flexibility index (Phi) is 4.97. The average Bonchev–Trinajstić information content (AvgIpc) is 2.59. The number of nitriles is 1. The second kappa shape index (κ2) is 7.19. The lowest BCUT2D eigenvalue weighted by molar-refractivity contribution is 0.415. The number of methoxy groups -OCH3 is 1. The van der Waals surface area contributed by atoms with Crippen LogP contribution in [0.5, 0.6) is 5.75 Å². The van der Waals surface area contributed by atoms with E-state index < -0.39 is 0 Å². The van der Waals surface area contributed by atoms with Crippen LogP contribution in [0.15, 0.2) is 41.5 Å². The Bertz CT molecular complexity index is 1010. The molecule has 132 valence electrons. The molecule has 0 radical (unpaired) electrons. The Hall–Kier alpha value is -2.84. The summed E-state index contributed by atoms with van der Waals surface area (Å²) in [5.74, 6) is 1.26. The van der Waals surface area contributed by atoms with E-state index in [1.165, 1.54) is 6.08 Å². The minimum atomic E-state index is 0.122. The lowest BCUT2D eigenvalue weighted by Crippen LogP contribution is -2.09. The molecule has 0 spiro atoms. The largest absolute Gasteiger partial charge is 0.497 e. The van der Waals surface area contributed by atoms with Crippen molar-refractivity contribution in [3.63, 3.8) is 0 Å². The summed E-state index contributed by atoms with van der Waals surface area (Å²) in [4.78, 5) is 8.49. The van der Waals surface area contributed by atoms with Crippen molar-refractivity contribution in [1.29, 1.82) is 5.26 Å². The molecular formula is C20H19ClN4O. The number of hydrogen-bond acceptors (Lipinski definition) is 5. The standard InChI is InChI=1S/C20H19ClN4O/c1-11-7-13(5-4-6-22)8-12(2)17(11)15-9-14(26-3)10-16-18(15)24-20(21)25-19(16)23/h4-5,7,9-10,12H,8H2,1-3H3,(H2,23,24,25)/b5-4+. The van der Waals surface area contributed by atoms with E-state index in [-0.39, 0.29) is 11.2 Å². The summed E-state index contributed by atoms with van der Waals surface area (Å²) in [6.07, 6.45) is 6.29. The van der Waals surface area contributed by atoms with Gasteiger partial charge in [-0.05, 0) is 65.8 Å². The maximum Gasteiger partial charge on any atom is 0.224 e. The van der Waals surface area contributed by atoms with Gasteiger partial charge in [0, 0.05) is 17.0 Å². The van der Waals surface area contributed by atoms with Crippen LogP contribution in [0.4, 0.5) is 5.82 Å². The van der Waals surface area contributed by atoms with Crippen LogP contribution in [0.25, 0.3) is 16.5 Å². The predicted octanol–water partition coefficient (Wildman–Crippen LogP) is 4.69. The highest BCUT2D eigenvalue weighted by Gasteiger charge is 2.23. The van der Waals surface area contributed by atoms with Gasteiger partial charge in [-0.1, -0.05) is 13.0 Å². The summed E-state index contributed by atoms with van der Waals surface area (Å²) < 4.78 is 5.45. The number of nitrogens with two attached hydrogens (primary N) is 1. The fourth-order valence-electron chi connectivity index (χ4n) is 3.52. The number of ether oxygens (including phenoxy) is 1. The molecular weight excluding hydrogens is 348 g/mol. The van der Waals surface area contributed by atoms with E-state index in [9.17, 15) is 0 Å². The number of nitrogens with zero attached hydrogens (tertiary/aromatic N) is 3. The molecule has 1 aromatic heterocycles. The number of anilines is 1. The number of hydrogen-bond donors (Lipinski definition) is 1. The van der Waals surface area contributed by atoms with Crippen molar-refractivity contribution in [2.45, 2.75) is 20.3 Å². The number of rotatable bonds is 3. The molecule has 1 aliphatic rings. The molecule has 1 atom stereocenters. The summed E-state index contributed by atoms with van der Waals surface area (Å²) in [5, 5.41) is 9.60. The van der Waals surface area contributed by atoms with Crippen LogP contribution in [0.1, 0.15) is 25.8 Å². The van der Waals surface area contributed by atoms with E-state index in [0.29, 0.717) is 17.1 Å². The lowest BCUT2D eigenvalue weighted by atomic mass is 9.80. The molecule has 2 aromatic rings. The third kappa shape index (κ3) is 3.29. The summed E-state index contributed by atoms with van der Waals surface area (Å²) in [6, 6.07) is 5.83. The maximum atomic E-state index is 8.76. The molecule has 0 bridgehead atoms. The summed E-state index contributed by atoms with van der Waals surface area (Å²) in [5.41, 5.74) is 11.1. The van der Waals surface area contributed by atoms with E-state index in [1.54, 1.807) is 7.11 Å². The van der Waals surface area contributed by atoms with Gasteiger partial charge >= 0.3 is 0 Å². The number of allylic oxidation sites excluding steroid dienone is 6. The second-order valence-electron chi connectivity index (χ2n) is 6.33. The zero-order chi connectivity index (χ0) is 18.8. The van der Waals surface area contributed by atoms with Gasteiger partial charge in [0.1, 0.15) is 11.6 Å². The van der Waals surface area contributed by atoms with Gasteiger partial charge in [-0.2, -0.15) is 5.26 Å². The highest BCUT2D eigenvalue weighted by Crippen LogP contribution is 2.41. The molecule has 0 aliphatic heterocycles. The van der Waals surface area contributed by atoms with E-state index in [0.717, 1.165) is 34.1 Å². The first kappa shape index (κ1) is 18.0. The predicted molar refractivity (Wildman–Crippen MR) is 105 cm³/mol. The monoisotopic (exact) mass is 366 g/mol. The highest BCUT2D eigenvalue weighted by molar-refractivity contribution is 6.29. The second-order valence-corrected chi connectivity index (χ2v) is 6.67. The maximum absolute atomic E-state index is 8.76. The SMILES string of the molecule is COc1cc(C2=C(C)C=C(/C=C/C#N)CC2C)c2nc(Cl)nc(N)c2c1. The van der Waals surface area contributed by atoms with Crippen LogP contribution in [-0.4, -0.2) is 17.1 Å². The zero-order valence-electron chi connectivity index (χ0n) is 14.9. The third-order valence-electron chi connectivity index (χ3n) is 4.54. The van der Waals surface area contributed by atoms with Gasteiger partial charge in [0.05, 0.1) is 18.7 Å². The average molecular weight is 367 g/mol. The molecule has 1 aromatic carbocycles. The molecule has 26 heavy (non-hydrogen) atoms. The molecule has 1 aliphatic carbocycles. The number of fused-ring (bicyclic) bond motifs is 1. The Morgan fingerprint density at radius 3 is 2.81 bits per heavy atom. The van der Waals surface area contributed by atoms with Crippen LogP contribution in [0, 0.1) is 17.2 Å². The smallest absolute Gasteiger partial charge is 0.224 e. The Balaban J connectivity index is 2.29. The summed E-state index contributed by atoms with van der Waals surface area (Å²) in [7, 11) is 1.62. The third-order valence-corrected chi connectivity index (χ3v) is 4.70. The van der Waals surface area contributed by atoms with Gasteiger partial charge in [-0.15, -0.1) is 0 Å². The quantitative estimate of drug-likeness (QED) is 0.629. The molecule has 2 N–H and O–H groups in total. The molecule has 1 heterocycles. The highest BCUT2D eigenvalue weighted by atomic mass is 35.5. The van der Waals surface area contributed by atoms with Crippen LogP contribution in [0.3, 0.4) is 0 Å². The van der Waals surface area contributed by atoms with Crippen molar-refractivity contribution in [1.82, 2.24) is 9.97 Å².